The van der Waals surface area contributed by atoms with E-state index in [1.807, 2.05) is 6.07 Å². The maximum absolute atomic E-state index is 10.9. The number of nitrogens with one attached hydrogen (secondary N) is 1. The molecule has 1 aliphatic rings. The Morgan fingerprint density at radius 3 is 2.32 bits per heavy atom. The van der Waals surface area contributed by atoms with Crippen LogP contribution in [0.1, 0.15) is 29.5 Å². The summed E-state index contributed by atoms with van der Waals surface area (Å²) < 4.78 is 0. The van der Waals surface area contributed by atoms with Gasteiger partial charge in [0.25, 0.3) is 0 Å². The van der Waals surface area contributed by atoms with Crippen LogP contribution in [-0.4, -0.2) is 5.11 Å². The summed E-state index contributed by atoms with van der Waals surface area (Å²) in [4.78, 5) is 0. The van der Waals surface area contributed by atoms with Crippen LogP contribution in [0.4, 0.5) is 5.69 Å². The fourth-order valence-corrected chi connectivity index (χ4v) is 5.22. The first kappa shape index (κ1) is 18.3. The van der Waals surface area contributed by atoms with Crippen molar-refractivity contribution in [3.05, 3.63) is 95.6 Å². The third kappa shape index (κ3) is 3.02. The first-order chi connectivity index (χ1) is 15.3. The molecule has 0 aromatic heterocycles. The molecule has 0 unspecified atom stereocenters. The van der Waals surface area contributed by atoms with Gasteiger partial charge in [-0.3, -0.25) is 0 Å². The number of aromatic hydroxyl groups is 1. The lowest BCUT2D eigenvalue weighted by Gasteiger charge is -2.20. The van der Waals surface area contributed by atoms with Gasteiger partial charge in [0.2, 0.25) is 0 Å². The number of fused-ring (bicyclic) bond motifs is 6. The highest BCUT2D eigenvalue weighted by molar-refractivity contribution is 6.18. The van der Waals surface area contributed by atoms with Crippen LogP contribution < -0.4 is 5.32 Å². The van der Waals surface area contributed by atoms with Crippen LogP contribution in [0.25, 0.3) is 32.3 Å². The maximum atomic E-state index is 10.9. The van der Waals surface area contributed by atoms with Crippen molar-refractivity contribution in [3.63, 3.8) is 0 Å². The first-order valence-corrected chi connectivity index (χ1v) is 11.2. The Morgan fingerprint density at radius 1 is 0.677 bits per heavy atom. The molecule has 1 aliphatic carbocycles. The fourth-order valence-electron chi connectivity index (χ4n) is 5.22. The third-order valence-electron chi connectivity index (χ3n) is 6.82. The predicted molar refractivity (Wildman–Crippen MR) is 131 cm³/mol. The van der Waals surface area contributed by atoms with E-state index in [1.165, 1.54) is 49.9 Å². The second-order valence-electron chi connectivity index (χ2n) is 8.62. The highest BCUT2D eigenvalue weighted by atomic mass is 16.3. The molecule has 0 radical (unpaired) electrons. The summed E-state index contributed by atoms with van der Waals surface area (Å²) in [6.45, 7) is 0.673. The van der Waals surface area contributed by atoms with Crippen molar-refractivity contribution in [2.24, 2.45) is 0 Å². The zero-order chi connectivity index (χ0) is 20.8. The van der Waals surface area contributed by atoms with Crippen LogP contribution in [-0.2, 0) is 19.4 Å². The van der Waals surface area contributed by atoms with Crippen LogP contribution in [0, 0.1) is 0 Å². The smallest absolute Gasteiger partial charge is 0.142 e. The van der Waals surface area contributed by atoms with Crippen LogP contribution in [0.3, 0.4) is 0 Å². The Balaban J connectivity index is 1.47. The zero-order valence-electron chi connectivity index (χ0n) is 17.5. The SMILES string of the molecule is Oc1c(NCc2cc3c4ccccc4ccc3c3ccccc23)ccc2c1CCCC2. The lowest BCUT2D eigenvalue weighted by molar-refractivity contribution is 0.464. The molecule has 0 bridgehead atoms. The minimum Gasteiger partial charge on any atom is -0.505 e. The molecule has 0 saturated carbocycles. The molecule has 31 heavy (non-hydrogen) atoms. The van der Waals surface area contributed by atoms with Gasteiger partial charge in [-0.15, -0.1) is 0 Å². The number of rotatable bonds is 3. The lowest BCUT2D eigenvalue weighted by atomic mass is 9.90. The summed E-state index contributed by atoms with van der Waals surface area (Å²) >= 11 is 0. The molecule has 0 spiro atoms. The monoisotopic (exact) mass is 403 g/mol. The summed E-state index contributed by atoms with van der Waals surface area (Å²) in [5.41, 5.74) is 4.52. The van der Waals surface area contributed by atoms with Gasteiger partial charge in [-0.05, 0) is 86.8 Å². The Labute approximate surface area is 182 Å². The van der Waals surface area contributed by atoms with Gasteiger partial charge in [0, 0.05) is 6.54 Å². The quantitative estimate of drug-likeness (QED) is 0.244. The van der Waals surface area contributed by atoms with Gasteiger partial charge in [0.05, 0.1) is 5.69 Å². The van der Waals surface area contributed by atoms with E-state index in [2.05, 4.69) is 78.1 Å². The largest absolute Gasteiger partial charge is 0.505 e. The predicted octanol–water partition coefficient (Wildman–Crippen LogP) is 7.34. The number of phenols is 1. The Morgan fingerprint density at radius 2 is 1.42 bits per heavy atom. The molecule has 0 amide bonds. The van der Waals surface area contributed by atoms with E-state index in [-0.39, 0.29) is 0 Å². The van der Waals surface area contributed by atoms with E-state index in [1.54, 1.807) is 0 Å². The van der Waals surface area contributed by atoms with Crippen molar-refractivity contribution in [1.82, 2.24) is 0 Å². The van der Waals surface area contributed by atoms with E-state index >= 15 is 0 Å². The Kier molecular flexibility index (Phi) is 4.31. The average molecular weight is 404 g/mol. The van der Waals surface area contributed by atoms with Crippen LogP contribution in [0.2, 0.25) is 0 Å². The highest BCUT2D eigenvalue weighted by Crippen LogP contribution is 2.37. The van der Waals surface area contributed by atoms with Gasteiger partial charge in [0.1, 0.15) is 5.75 Å². The molecule has 5 aromatic rings. The molecule has 152 valence electrons. The number of hydrogen-bond acceptors (Lipinski definition) is 2. The van der Waals surface area contributed by atoms with E-state index in [9.17, 15) is 5.11 Å². The van der Waals surface area contributed by atoms with Crippen molar-refractivity contribution >= 4 is 38.0 Å². The molecule has 2 nitrogen and oxygen atoms in total. The zero-order valence-corrected chi connectivity index (χ0v) is 17.5. The van der Waals surface area contributed by atoms with Gasteiger partial charge in [-0.2, -0.15) is 0 Å². The van der Waals surface area contributed by atoms with Gasteiger partial charge >= 0.3 is 0 Å². The topological polar surface area (TPSA) is 32.3 Å². The highest BCUT2D eigenvalue weighted by Gasteiger charge is 2.16. The van der Waals surface area contributed by atoms with Gasteiger partial charge in [-0.25, -0.2) is 0 Å². The summed E-state index contributed by atoms with van der Waals surface area (Å²) in [7, 11) is 0. The second kappa shape index (κ2) is 7.31. The van der Waals surface area contributed by atoms with Crippen LogP contribution in [0.15, 0.2) is 78.9 Å². The lowest BCUT2D eigenvalue weighted by Crippen LogP contribution is -2.06. The number of phenolic OH excluding ortho intramolecular Hbond substituents is 1. The Hall–Kier alpha value is -3.52. The van der Waals surface area contributed by atoms with Gasteiger partial charge in [-0.1, -0.05) is 66.7 Å². The normalized spacial score (nSPS) is 13.5. The Bertz CT molecular complexity index is 1450. The summed E-state index contributed by atoms with van der Waals surface area (Å²) in [6, 6.07) is 28.2. The first-order valence-electron chi connectivity index (χ1n) is 11.2. The van der Waals surface area contributed by atoms with Crippen molar-refractivity contribution in [2.75, 3.05) is 5.32 Å². The minimum absolute atomic E-state index is 0.438. The summed E-state index contributed by atoms with van der Waals surface area (Å²) in [5, 5.41) is 22.1. The van der Waals surface area contributed by atoms with Crippen molar-refractivity contribution < 1.29 is 5.11 Å². The van der Waals surface area contributed by atoms with Crippen molar-refractivity contribution in [2.45, 2.75) is 32.2 Å². The molecule has 0 fully saturated rings. The third-order valence-corrected chi connectivity index (χ3v) is 6.82. The number of aryl methyl sites for hydroxylation is 1. The molecule has 6 rings (SSSR count). The van der Waals surface area contributed by atoms with Crippen molar-refractivity contribution in [3.8, 4) is 5.75 Å². The van der Waals surface area contributed by atoms with E-state index in [0.717, 1.165) is 30.5 Å². The molecular weight excluding hydrogens is 378 g/mol. The molecule has 0 aliphatic heterocycles. The molecule has 0 atom stereocenters. The molecule has 5 aromatic carbocycles. The van der Waals surface area contributed by atoms with Crippen molar-refractivity contribution in [1.29, 1.82) is 0 Å². The maximum Gasteiger partial charge on any atom is 0.142 e. The van der Waals surface area contributed by atoms with E-state index < -0.39 is 0 Å². The van der Waals surface area contributed by atoms with Gasteiger partial charge < -0.3 is 10.4 Å². The molecule has 2 N–H and O–H groups in total. The number of anilines is 1. The van der Waals surface area contributed by atoms with Crippen LogP contribution >= 0.6 is 0 Å². The average Bonchev–Trinajstić information content (AvgIpc) is 2.83. The van der Waals surface area contributed by atoms with E-state index in [0.29, 0.717) is 12.3 Å². The second-order valence-corrected chi connectivity index (χ2v) is 8.62. The summed E-state index contributed by atoms with van der Waals surface area (Å²) in [6.07, 6.45) is 4.43. The number of benzene rings is 5. The molecule has 0 saturated heterocycles. The molecular formula is C29H25NO. The number of hydrogen-bond donors (Lipinski definition) is 2. The standard InChI is InChI=1S/C29H25NO/c31-29-24-11-4-2-8-20(24)14-16-28(29)30-18-21-17-27-22-9-3-1-7-19(22)13-15-26(27)25-12-6-5-10-23(21)25/h1,3,5-7,9-10,12-17,30-31H,2,4,8,11,18H2. The summed E-state index contributed by atoms with van der Waals surface area (Å²) in [5.74, 6) is 0.438. The molecule has 0 heterocycles. The van der Waals surface area contributed by atoms with Gasteiger partial charge in [0.15, 0.2) is 0 Å². The minimum atomic E-state index is 0.438. The van der Waals surface area contributed by atoms with E-state index in [4.69, 9.17) is 0 Å². The fraction of sp³-hybridized carbons (Fsp3) is 0.172. The van der Waals surface area contributed by atoms with Crippen LogP contribution in [0.5, 0.6) is 5.75 Å². The molecule has 2 heteroatoms.